The van der Waals surface area contributed by atoms with Crippen molar-refractivity contribution in [3.05, 3.63) is 192 Å². The van der Waals surface area contributed by atoms with Crippen molar-refractivity contribution in [1.29, 1.82) is 0 Å². The highest BCUT2D eigenvalue weighted by atomic mass is 79.9. The van der Waals surface area contributed by atoms with E-state index >= 15 is 0 Å². The minimum atomic E-state index is 0. The number of aromatic nitrogens is 2. The maximum absolute atomic E-state index is 4.68. The summed E-state index contributed by atoms with van der Waals surface area (Å²) in [7, 11) is 4.04. The van der Waals surface area contributed by atoms with Crippen LogP contribution in [0.5, 0.6) is 0 Å². The van der Waals surface area contributed by atoms with Crippen molar-refractivity contribution in [2.24, 2.45) is 34.6 Å². The number of nitrogens with zero attached hydrogens (tertiary/aromatic N) is 8. The number of hydrogen-bond acceptors (Lipinski definition) is 12. The van der Waals surface area contributed by atoms with Gasteiger partial charge >= 0.3 is 10.3 Å². The van der Waals surface area contributed by atoms with E-state index in [2.05, 4.69) is 201 Å². The molecule has 8 rings (SSSR count). The number of halogens is 2. The first-order valence-electron chi connectivity index (χ1n) is 24.0. The fraction of sp³-hybridized carbons (Fsp3) is 0.250. The third-order valence-electron chi connectivity index (χ3n) is 11.6. The van der Waals surface area contributed by atoms with Gasteiger partial charge in [0.05, 0.1) is 47.1 Å². The lowest BCUT2D eigenvalue weighted by atomic mass is 10.1. The predicted octanol–water partition coefficient (Wildman–Crippen LogP) is 8.12. The fourth-order valence-corrected chi connectivity index (χ4v) is 9.76. The standard InChI is InChI=1S/2C28H32N6S.BrH.ClH/c2*1-4-34(5-2)26-21-33(3)28(35-26)32-31-25-18-12-17-24(29-19-22-13-8-6-9-14-22)27(25)30-20-23-15-10-7-11-16-23;;/h2*6-18,21H,4-5,19-20H2,1-3H3,(H,29,31);2*1H. The Kier molecular flexibility index (Phi) is 23.2. The summed E-state index contributed by atoms with van der Waals surface area (Å²) in [6, 6.07) is 53.8. The lowest BCUT2D eigenvalue weighted by Gasteiger charge is -2.16. The lowest BCUT2D eigenvalue weighted by molar-refractivity contribution is -0.653. The molecule has 0 aliphatic heterocycles. The van der Waals surface area contributed by atoms with Crippen LogP contribution in [0.3, 0.4) is 0 Å². The van der Waals surface area contributed by atoms with E-state index in [1.165, 1.54) is 32.3 Å². The number of nitrogens with one attached hydrogen (secondary N) is 4. The van der Waals surface area contributed by atoms with Crippen LogP contribution in [-0.2, 0) is 40.3 Å². The first-order valence-corrected chi connectivity index (χ1v) is 25.7. The van der Waals surface area contributed by atoms with Crippen LogP contribution in [0.1, 0.15) is 49.9 Å². The summed E-state index contributed by atoms with van der Waals surface area (Å²) in [5.41, 5.74) is 10.4. The van der Waals surface area contributed by atoms with Crippen LogP contribution >= 0.6 is 22.7 Å². The fourth-order valence-electron chi connectivity index (χ4n) is 7.64. The second-order valence-corrected chi connectivity index (χ2v) is 18.4. The Hall–Kier alpha value is -6.65. The van der Waals surface area contributed by atoms with Crippen LogP contribution in [0.4, 0.5) is 54.4 Å². The zero-order valence-electron chi connectivity index (χ0n) is 42.0. The molecule has 6 aromatic carbocycles. The normalized spacial score (nSPS) is 10.8. The molecule has 72 heavy (non-hydrogen) atoms. The van der Waals surface area contributed by atoms with Gasteiger partial charge in [0.2, 0.25) is 0 Å². The summed E-state index contributed by atoms with van der Waals surface area (Å²) in [4.78, 5) is 4.65. The Morgan fingerprint density at radius 1 is 0.403 bits per heavy atom. The van der Waals surface area contributed by atoms with Gasteiger partial charge in [-0.1, -0.05) is 133 Å². The van der Waals surface area contributed by atoms with Gasteiger partial charge in [0.15, 0.2) is 0 Å². The number of thiazole rings is 2. The molecule has 2 aromatic heterocycles. The van der Waals surface area contributed by atoms with Crippen LogP contribution in [0.15, 0.2) is 191 Å². The Labute approximate surface area is 450 Å². The van der Waals surface area contributed by atoms with Crippen LogP contribution in [-0.4, -0.2) is 26.2 Å². The second-order valence-electron chi connectivity index (χ2n) is 16.4. The van der Waals surface area contributed by atoms with E-state index < -0.39 is 0 Å². The average molecular weight is 1090 g/mol. The van der Waals surface area contributed by atoms with Gasteiger partial charge in [-0.3, -0.25) is 0 Å². The van der Waals surface area contributed by atoms with Crippen molar-refractivity contribution < 1.29 is 38.5 Å². The molecular formula is C56H66BrClN12S2. The molecule has 0 fully saturated rings. The number of azo groups is 2. The first-order chi connectivity index (χ1) is 34.3. The first kappa shape index (κ1) is 56.3. The summed E-state index contributed by atoms with van der Waals surface area (Å²) in [6.45, 7) is 15.4. The molecule has 0 amide bonds. The SMILES string of the molecule is CCN(CC)c1c[n+](C)c(N=Nc2cccc(NCc3ccccc3)c2NCc2ccccc2)s1.CCN(CC)c1c[n+](C)c(N=Nc2cccc(NCc3ccccc3)c2NCc2ccccc2)s1.[Br-].[Cl-]. The maximum Gasteiger partial charge on any atom is 0.410 e. The van der Waals surface area contributed by atoms with Crippen LogP contribution in [0, 0.1) is 0 Å². The van der Waals surface area contributed by atoms with Crippen molar-refractivity contribution in [2.75, 3.05) is 57.2 Å². The number of hydrogen-bond donors (Lipinski definition) is 4. The summed E-state index contributed by atoms with van der Waals surface area (Å²) >= 11 is 3.31. The number of anilines is 6. The van der Waals surface area contributed by atoms with Gasteiger partial charge < -0.3 is 60.5 Å². The Morgan fingerprint density at radius 3 is 1.01 bits per heavy atom. The quantitative estimate of drug-likeness (QED) is 0.0404. The van der Waals surface area contributed by atoms with Gasteiger partial charge in [-0.25, -0.2) is 9.13 Å². The molecule has 0 bridgehead atoms. The van der Waals surface area contributed by atoms with Gasteiger partial charge in [0.1, 0.15) is 33.8 Å². The minimum Gasteiger partial charge on any atom is -1.00 e. The summed E-state index contributed by atoms with van der Waals surface area (Å²) in [6.07, 6.45) is 4.25. The van der Waals surface area contributed by atoms with E-state index in [1.807, 2.05) is 71.8 Å². The van der Waals surface area contributed by atoms with Crippen molar-refractivity contribution in [3.8, 4) is 0 Å². The van der Waals surface area contributed by atoms with E-state index in [1.54, 1.807) is 22.7 Å². The molecule has 0 saturated heterocycles. The highest BCUT2D eigenvalue weighted by Gasteiger charge is 2.20. The van der Waals surface area contributed by atoms with Gasteiger partial charge in [-0.05, 0) is 107 Å². The molecule has 12 nitrogen and oxygen atoms in total. The highest BCUT2D eigenvalue weighted by Crippen LogP contribution is 2.38. The van der Waals surface area contributed by atoms with Gasteiger partial charge in [-0.2, -0.15) is 0 Å². The van der Waals surface area contributed by atoms with Crippen molar-refractivity contribution in [3.63, 3.8) is 0 Å². The third kappa shape index (κ3) is 16.2. The minimum absolute atomic E-state index is 0. The van der Waals surface area contributed by atoms with Gasteiger partial charge in [-0.15, -0.1) is 0 Å². The smallest absolute Gasteiger partial charge is 0.410 e. The lowest BCUT2D eigenvalue weighted by Crippen LogP contribution is -3.00. The van der Waals surface area contributed by atoms with Gasteiger partial charge in [0, 0.05) is 52.4 Å². The maximum atomic E-state index is 4.68. The zero-order chi connectivity index (χ0) is 48.9. The number of benzene rings is 6. The highest BCUT2D eigenvalue weighted by molar-refractivity contribution is 7.19. The molecule has 16 heteroatoms. The number of aryl methyl sites for hydroxylation is 2. The monoisotopic (exact) mass is 1080 g/mol. The number of rotatable bonds is 22. The molecule has 0 aliphatic carbocycles. The van der Waals surface area contributed by atoms with E-state index in [4.69, 9.17) is 0 Å². The Balaban J connectivity index is 0.000000260. The second kappa shape index (κ2) is 29.6. The molecular weight excluding hydrogens is 1020 g/mol. The molecule has 2 heterocycles. The topological polar surface area (TPSA) is 112 Å². The average Bonchev–Trinajstić information content (AvgIpc) is 3.97. The summed E-state index contributed by atoms with van der Waals surface area (Å²) in [5.74, 6) is 0. The van der Waals surface area contributed by atoms with Crippen molar-refractivity contribution in [1.82, 2.24) is 0 Å². The molecule has 0 radical (unpaired) electrons. The van der Waals surface area contributed by atoms with Crippen molar-refractivity contribution in [2.45, 2.75) is 53.9 Å². The van der Waals surface area contributed by atoms with Crippen LogP contribution in [0.2, 0.25) is 0 Å². The largest absolute Gasteiger partial charge is 1.00 e. The Bertz CT molecular complexity index is 2680. The molecule has 0 atom stereocenters. The van der Waals surface area contributed by atoms with E-state index in [9.17, 15) is 0 Å². The molecule has 4 N–H and O–H groups in total. The van der Waals surface area contributed by atoms with E-state index in [-0.39, 0.29) is 29.4 Å². The third-order valence-corrected chi connectivity index (χ3v) is 13.9. The van der Waals surface area contributed by atoms with Gasteiger partial charge in [0.25, 0.3) is 0 Å². The van der Waals surface area contributed by atoms with Crippen LogP contribution < -0.4 is 69.6 Å². The van der Waals surface area contributed by atoms with Crippen LogP contribution in [0.25, 0.3) is 0 Å². The number of para-hydroxylation sites is 2. The van der Waals surface area contributed by atoms with E-state index in [0.717, 1.165) is 83.7 Å². The molecule has 8 aromatic rings. The summed E-state index contributed by atoms with van der Waals surface area (Å²) in [5, 5.41) is 37.1. The molecule has 376 valence electrons. The molecule has 0 aliphatic rings. The summed E-state index contributed by atoms with van der Waals surface area (Å²) < 4.78 is 4.08. The molecule has 0 unspecified atom stereocenters. The molecule has 0 saturated carbocycles. The van der Waals surface area contributed by atoms with E-state index in [0.29, 0.717) is 13.1 Å². The van der Waals surface area contributed by atoms with Crippen molar-refractivity contribution >= 4 is 77.1 Å². The zero-order valence-corrected chi connectivity index (χ0v) is 45.9. The predicted molar refractivity (Wildman–Crippen MR) is 294 cm³/mol. The molecule has 0 spiro atoms. The Morgan fingerprint density at radius 2 is 0.708 bits per heavy atom.